The summed E-state index contributed by atoms with van der Waals surface area (Å²) in [6, 6.07) is 32.4. The fraction of sp³-hybridized carbons (Fsp3) is 0. The SMILES string of the molecule is C1=Cc2cc3ccc([nH]3)c(-c3ccc(-c4cccs4)c(-c4cccs4)c3-c3cccs3)c3nc(cc4ccc(cc1n2)[nH]4)C=C3. The molecule has 6 aromatic heterocycles. The van der Waals surface area contributed by atoms with E-state index in [1.54, 1.807) is 34.0 Å². The van der Waals surface area contributed by atoms with Crippen LogP contribution >= 0.6 is 34.0 Å². The monoisotopic (exact) mass is 632 g/mol. The minimum Gasteiger partial charge on any atom is -0.355 e. The van der Waals surface area contributed by atoms with E-state index in [-0.39, 0.29) is 0 Å². The third-order valence-electron chi connectivity index (χ3n) is 8.02. The Labute approximate surface area is 271 Å². The van der Waals surface area contributed by atoms with E-state index in [2.05, 4.69) is 141 Å². The number of rotatable bonds is 4. The molecule has 9 rings (SSSR count). The lowest BCUT2D eigenvalue weighted by molar-refractivity contribution is 1.31. The van der Waals surface area contributed by atoms with Gasteiger partial charge in [-0.1, -0.05) is 30.3 Å². The first-order valence-electron chi connectivity index (χ1n) is 14.6. The molecular weight excluding hydrogens is 609 g/mol. The molecule has 0 aliphatic carbocycles. The van der Waals surface area contributed by atoms with Crippen LogP contribution < -0.4 is 0 Å². The second-order valence-corrected chi connectivity index (χ2v) is 13.7. The Morgan fingerprint density at radius 2 is 0.978 bits per heavy atom. The molecule has 1 aromatic carbocycles. The predicted octanol–water partition coefficient (Wildman–Crippen LogP) is 11.5. The fourth-order valence-electron chi connectivity index (χ4n) is 6.09. The van der Waals surface area contributed by atoms with Gasteiger partial charge in [0, 0.05) is 59.0 Å². The molecule has 0 unspecified atom stereocenters. The minimum absolute atomic E-state index is 0.904. The highest BCUT2D eigenvalue weighted by molar-refractivity contribution is 7.15. The molecule has 214 valence electrons. The summed E-state index contributed by atoms with van der Waals surface area (Å²) in [5.41, 5.74) is 13.6. The van der Waals surface area contributed by atoms with Crippen molar-refractivity contribution in [1.82, 2.24) is 19.9 Å². The van der Waals surface area contributed by atoms with Crippen LogP contribution in [0.2, 0.25) is 0 Å². The molecular formula is C38H24N4S3. The van der Waals surface area contributed by atoms with Crippen molar-refractivity contribution >= 4 is 80.4 Å². The lowest BCUT2D eigenvalue weighted by atomic mass is 9.89. The maximum Gasteiger partial charge on any atom is 0.0737 e. The van der Waals surface area contributed by atoms with Crippen LogP contribution in [0.3, 0.4) is 0 Å². The fourth-order valence-corrected chi connectivity index (χ4v) is 8.43. The van der Waals surface area contributed by atoms with Crippen molar-refractivity contribution in [3.05, 3.63) is 130 Å². The lowest BCUT2D eigenvalue weighted by Gasteiger charge is -2.18. The number of aromatic amines is 2. The maximum absolute atomic E-state index is 5.21. The molecule has 0 radical (unpaired) electrons. The number of nitrogens with one attached hydrogen (secondary N) is 2. The molecule has 7 aromatic rings. The van der Waals surface area contributed by atoms with Crippen molar-refractivity contribution in [2.45, 2.75) is 0 Å². The second-order valence-electron chi connectivity index (χ2n) is 10.9. The number of hydrogen-bond acceptors (Lipinski definition) is 5. The number of H-pyrrole nitrogens is 2. The third kappa shape index (κ3) is 4.82. The van der Waals surface area contributed by atoms with Crippen LogP contribution in [0.4, 0.5) is 0 Å². The van der Waals surface area contributed by atoms with Gasteiger partial charge in [0.25, 0.3) is 0 Å². The summed E-state index contributed by atoms with van der Waals surface area (Å²) < 4.78 is 0. The largest absolute Gasteiger partial charge is 0.355 e. The Hall–Kier alpha value is -5.08. The van der Waals surface area contributed by atoms with Gasteiger partial charge in [-0.05, 0) is 107 Å². The number of hydrogen-bond donors (Lipinski definition) is 2. The van der Waals surface area contributed by atoms with Gasteiger partial charge >= 0.3 is 0 Å². The van der Waals surface area contributed by atoms with E-state index in [1.807, 2.05) is 0 Å². The van der Waals surface area contributed by atoms with E-state index in [0.717, 1.165) is 56.0 Å². The van der Waals surface area contributed by atoms with Crippen molar-refractivity contribution in [3.8, 4) is 42.4 Å². The molecule has 8 bridgehead atoms. The molecule has 4 nitrogen and oxygen atoms in total. The molecule has 0 atom stereocenters. The van der Waals surface area contributed by atoms with Crippen LogP contribution in [0.5, 0.6) is 0 Å². The Balaban J connectivity index is 1.41. The average molecular weight is 633 g/mol. The van der Waals surface area contributed by atoms with E-state index in [4.69, 9.17) is 9.97 Å². The molecule has 45 heavy (non-hydrogen) atoms. The molecule has 2 aliphatic rings. The summed E-state index contributed by atoms with van der Waals surface area (Å²) in [5, 5.41) is 6.48. The van der Waals surface area contributed by atoms with Gasteiger partial charge in [0.05, 0.1) is 22.8 Å². The molecule has 0 spiro atoms. The number of fused-ring (bicyclic) bond motifs is 8. The lowest BCUT2D eigenvalue weighted by Crippen LogP contribution is -1.93. The summed E-state index contributed by atoms with van der Waals surface area (Å²) in [7, 11) is 0. The highest BCUT2D eigenvalue weighted by atomic mass is 32.1. The van der Waals surface area contributed by atoms with Gasteiger partial charge in [-0.15, -0.1) is 34.0 Å². The van der Waals surface area contributed by atoms with Crippen molar-refractivity contribution < 1.29 is 0 Å². The van der Waals surface area contributed by atoms with Crippen LogP contribution in [0.1, 0.15) is 22.8 Å². The minimum atomic E-state index is 0.904. The Morgan fingerprint density at radius 3 is 1.62 bits per heavy atom. The molecule has 2 N–H and O–H groups in total. The van der Waals surface area contributed by atoms with Crippen LogP contribution in [0, 0.1) is 0 Å². The van der Waals surface area contributed by atoms with E-state index in [0.29, 0.717) is 0 Å². The average Bonchev–Trinajstić information content (AvgIpc) is 3.90. The first-order chi connectivity index (χ1) is 22.2. The van der Waals surface area contributed by atoms with Gasteiger partial charge in [-0.2, -0.15) is 0 Å². The molecule has 7 heteroatoms. The summed E-state index contributed by atoms with van der Waals surface area (Å²) in [5.74, 6) is 0. The molecule has 0 saturated carbocycles. The maximum atomic E-state index is 5.21. The summed E-state index contributed by atoms with van der Waals surface area (Å²) in [6.07, 6.45) is 8.35. The van der Waals surface area contributed by atoms with Crippen molar-refractivity contribution in [3.63, 3.8) is 0 Å². The zero-order chi connectivity index (χ0) is 29.7. The Bertz CT molecular complexity index is 2420. The quantitative estimate of drug-likeness (QED) is 0.203. The van der Waals surface area contributed by atoms with E-state index in [9.17, 15) is 0 Å². The third-order valence-corrected chi connectivity index (χ3v) is 10.7. The molecule has 0 amide bonds. The van der Waals surface area contributed by atoms with Gasteiger partial charge in [-0.3, -0.25) is 0 Å². The van der Waals surface area contributed by atoms with Gasteiger partial charge in [0.1, 0.15) is 0 Å². The topological polar surface area (TPSA) is 57.4 Å². The van der Waals surface area contributed by atoms with Gasteiger partial charge in [-0.25, -0.2) is 9.97 Å². The highest BCUT2D eigenvalue weighted by Gasteiger charge is 2.23. The number of thiophene rings is 3. The van der Waals surface area contributed by atoms with Crippen LogP contribution in [-0.2, 0) is 0 Å². The Kier molecular flexibility index (Phi) is 6.33. The molecule has 0 fully saturated rings. The van der Waals surface area contributed by atoms with Gasteiger partial charge in [0.15, 0.2) is 0 Å². The standard InChI is InChI=1S/C38H24N4S3/c1-4-33(43-17-1)29-13-14-30(38(35-6-3-19-45-35)37(29)34-5-2-18-44-34)36-31-15-11-27(41-31)21-25-9-7-23(39-25)20-24-8-10-26(40-24)22-28-12-16-32(36)42-28/h1-22,39,42H. The van der Waals surface area contributed by atoms with E-state index in [1.165, 1.54) is 31.3 Å². The smallest absolute Gasteiger partial charge is 0.0737 e. The predicted molar refractivity (Wildman–Crippen MR) is 194 cm³/mol. The number of nitrogens with zero attached hydrogens (tertiary/aromatic N) is 2. The van der Waals surface area contributed by atoms with Gasteiger partial charge in [0.2, 0.25) is 0 Å². The first kappa shape index (κ1) is 26.3. The number of aromatic nitrogens is 4. The zero-order valence-corrected chi connectivity index (χ0v) is 26.3. The zero-order valence-electron chi connectivity index (χ0n) is 23.8. The van der Waals surface area contributed by atoms with Crippen molar-refractivity contribution in [2.75, 3.05) is 0 Å². The molecule has 8 heterocycles. The van der Waals surface area contributed by atoms with E-state index < -0.39 is 0 Å². The second kappa shape index (κ2) is 10.8. The summed E-state index contributed by atoms with van der Waals surface area (Å²) >= 11 is 5.34. The van der Waals surface area contributed by atoms with Gasteiger partial charge < -0.3 is 9.97 Å². The van der Waals surface area contributed by atoms with Crippen molar-refractivity contribution in [2.24, 2.45) is 0 Å². The normalized spacial score (nSPS) is 12.3. The van der Waals surface area contributed by atoms with E-state index >= 15 is 0 Å². The summed E-state index contributed by atoms with van der Waals surface area (Å²) in [4.78, 5) is 21.0. The summed E-state index contributed by atoms with van der Waals surface area (Å²) in [6.45, 7) is 0. The van der Waals surface area contributed by atoms with Crippen LogP contribution in [0.25, 0.3) is 88.8 Å². The molecule has 2 aliphatic heterocycles. The first-order valence-corrected chi connectivity index (χ1v) is 17.3. The van der Waals surface area contributed by atoms with Crippen LogP contribution in [0.15, 0.2) is 107 Å². The van der Waals surface area contributed by atoms with Crippen LogP contribution in [-0.4, -0.2) is 19.9 Å². The van der Waals surface area contributed by atoms with Crippen molar-refractivity contribution in [1.29, 1.82) is 0 Å². The highest BCUT2D eigenvalue weighted by Crippen LogP contribution is 2.49. The molecule has 0 saturated heterocycles. The Morgan fingerprint density at radius 1 is 0.444 bits per heavy atom. The number of benzene rings is 1.